The molecular formula is C19H19N5O2. The van der Waals surface area contributed by atoms with E-state index in [1.807, 2.05) is 59.5 Å². The van der Waals surface area contributed by atoms with Crippen LogP contribution in [0.25, 0.3) is 11.5 Å². The number of hydrogen-bond donors (Lipinski definition) is 1. The van der Waals surface area contributed by atoms with Gasteiger partial charge in [0.15, 0.2) is 11.6 Å². The van der Waals surface area contributed by atoms with Crippen LogP contribution in [0.5, 0.6) is 0 Å². The number of benzene rings is 1. The predicted octanol–water partition coefficient (Wildman–Crippen LogP) is 3.09. The Labute approximate surface area is 151 Å². The van der Waals surface area contributed by atoms with E-state index in [0.29, 0.717) is 24.5 Å². The Hall–Kier alpha value is -3.35. The number of carbonyl (C=O) groups is 1. The molecule has 7 heteroatoms. The Kier molecular flexibility index (Phi) is 4.51. The van der Waals surface area contributed by atoms with Gasteiger partial charge in [-0.2, -0.15) is 0 Å². The number of nitrogens with one attached hydrogen (secondary N) is 1. The molecule has 1 N–H and O–H groups in total. The van der Waals surface area contributed by atoms with Gasteiger partial charge >= 0.3 is 6.03 Å². The van der Waals surface area contributed by atoms with Crippen molar-refractivity contribution in [2.45, 2.75) is 0 Å². The smallest absolute Gasteiger partial charge is 0.321 e. The fourth-order valence-corrected chi connectivity index (χ4v) is 2.91. The molecule has 0 radical (unpaired) electrons. The molecule has 0 atom stereocenters. The highest BCUT2D eigenvalue weighted by Crippen LogP contribution is 2.19. The summed E-state index contributed by atoms with van der Waals surface area (Å²) in [5.41, 5.74) is 1.51. The van der Waals surface area contributed by atoms with Crippen LogP contribution < -0.4 is 10.2 Å². The van der Waals surface area contributed by atoms with Crippen LogP contribution in [0.3, 0.4) is 0 Å². The van der Waals surface area contributed by atoms with Gasteiger partial charge in [-0.3, -0.25) is 0 Å². The van der Waals surface area contributed by atoms with Gasteiger partial charge in [-0.1, -0.05) is 18.2 Å². The van der Waals surface area contributed by atoms with Crippen LogP contribution in [-0.4, -0.2) is 47.3 Å². The van der Waals surface area contributed by atoms with Crippen molar-refractivity contribution in [3.05, 3.63) is 60.9 Å². The van der Waals surface area contributed by atoms with Crippen molar-refractivity contribution in [3.8, 4) is 11.5 Å². The van der Waals surface area contributed by atoms with Gasteiger partial charge in [0.2, 0.25) is 0 Å². The van der Waals surface area contributed by atoms with E-state index in [0.717, 1.165) is 24.6 Å². The summed E-state index contributed by atoms with van der Waals surface area (Å²) in [4.78, 5) is 16.3. The lowest BCUT2D eigenvalue weighted by Crippen LogP contribution is -2.50. The average Bonchev–Trinajstić information content (AvgIpc) is 3.24. The first-order valence-corrected chi connectivity index (χ1v) is 8.53. The number of urea groups is 1. The van der Waals surface area contributed by atoms with Crippen LogP contribution in [-0.2, 0) is 0 Å². The van der Waals surface area contributed by atoms with Crippen molar-refractivity contribution in [2.24, 2.45) is 0 Å². The van der Waals surface area contributed by atoms with Crippen molar-refractivity contribution >= 4 is 17.5 Å². The monoisotopic (exact) mass is 349 g/mol. The fourth-order valence-electron chi connectivity index (χ4n) is 2.91. The number of aromatic nitrogens is 2. The SMILES string of the molecule is O=C(Nc1ccccc1)N1CCN(c2ccc(-c3ccco3)nn2)CC1. The van der Waals surface area contributed by atoms with E-state index < -0.39 is 0 Å². The van der Waals surface area contributed by atoms with Gasteiger partial charge in [-0.05, 0) is 36.4 Å². The van der Waals surface area contributed by atoms with Gasteiger partial charge in [0, 0.05) is 31.9 Å². The lowest BCUT2D eigenvalue weighted by molar-refractivity contribution is 0.208. The molecule has 1 saturated heterocycles. The molecule has 3 heterocycles. The van der Waals surface area contributed by atoms with E-state index >= 15 is 0 Å². The highest BCUT2D eigenvalue weighted by Gasteiger charge is 2.22. The minimum Gasteiger partial charge on any atom is -0.463 e. The van der Waals surface area contributed by atoms with Crippen molar-refractivity contribution < 1.29 is 9.21 Å². The van der Waals surface area contributed by atoms with E-state index in [-0.39, 0.29) is 6.03 Å². The molecule has 3 aromatic rings. The van der Waals surface area contributed by atoms with Crippen LogP contribution in [0.15, 0.2) is 65.3 Å². The third kappa shape index (κ3) is 3.51. The summed E-state index contributed by atoms with van der Waals surface area (Å²) in [6, 6.07) is 16.9. The first kappa shape index (κ1) is 16.1. The topological polar surface area (TPSA) is 74.5 Å². The summed E-state index contributed by atoms with van der Waals surface area (Å²) in [5, 5.41) is 11.4. The number of nitrogens with zero attached hydrogens (tertiary/aromatic N) is 4. The molecule has 2 amide bonds. The Morgan fingerprint density at radius 1 is 0.923 bits per heavy atom. The number of piperazine rings is 1. The van der Waals surface area contributed by atoms with Crippen LogP contribution >= 0.6 is 0 Å². The number of hydrogen-bond acceptors (Lipinski definition) is 5. The molecule has 1 aliphatic rings. The third-order valence-corrected chi connectivity index (χ3v) is 4.34. The maximum absolute atomic E-state index is 12.3. The van der Waals surface area contributed by atoms with Gasteiger partial charge in [0.05, 0.1) is 6.26 Å². The van der Waals surface area contributed by atoms with Gasteiger partial charge in [0.1, 0.15) is 5.69 Å². The molecule has 0 bridgehead atoms. The summed E-state index contributed by atoms with van der Waals surface area (Å²) in [7, 11) is 0. The lowest BCUT2D eigenvalue weighted by atomic mass is 10.3. The van der Waals surface area contributed by atoms with Crippen molar-refractivity contribution in [1.29, 1.82) is 0 Å². The summed E-state index contributed by atoms with van der Waals surface area (Å²) < 4.78 is 5.33. The molecule has 26 heavy (non-hydrogen) atoms. The molecule has 1 fully saturated rings. The molecule has 132 valence electrons. The zero-order valence-electron chi connectivity index (χ0n) is 14.2. The maximum atomic E-state index is 12.3. The second-order valence-corrected chi connectivity index (χ2v) is 6.02. The summed E-state index contributed by atoms with van der Waals surface area (Å²) >= 11 is 0. The fraction of sp³-hybridized carbons (Fsp3) is 0.211. The third-order valence-electron chi connectivity index (χ3n) is 4.34. The zero-order chi connectivity index (χ0) is 17.8. The van der Waals surface area contributed by atoms with Crippen LogP contribution in [0.4, 0.5) is 16.3 Å². The van der Waals surface area contributed by atoms with E-state index in [1.165, 1.54) is 0 Å². The van der Waals surface area contributed by atoms with Crippen LogP contribution in [0, 0.1) is 0 Å². The van der Waals surface area contributed by atoms with Gasteiger partial charge < -0.3 is 19.5 Å². The van der Waals surface area contributed by atoms with Crippen LogP contribution in [0.1, 0.15) is 0 Å². The van der Waals surface area contributed by atoms with E-state index in [4.69, 9.17) is 4.42 Å². The zero-order valence-corrected chi connectivity index (χ0v) is 14.2. The highest BCUT2D eigenvalue weighted by molar-refractivity contribution is 5.89. The van der Waals surface area contributed by atoms with Crippen molar-refractivity contribution in [3.63, 3.8) is 0 Å². The molecule has 0 unspecified atom stereocenters. The summed E-state index contributed by atoms with van der Waals surface area (Å²) in [6.45, 7) is 2.72. The Balaban J connectivity index is 1.34. The number of amides is 2. The number of anilines is 2. The molecular weight excluding hydrogens is 330 g/mol. The lowest BCUT2D eigenvalue weighted by Gasteiger charge is -2.35. The Bertz CT molecular complexity index is 841. The van der Waals surface area contributed by atoms with Crippen LogP contribution in [0.2, 0.25) is 0 Å². The number of furan rings is 1. The maximum Gasteiger partial charge on any atom is 0.321 e. The van der Waals surface area contributed by atoms with Gasteiger partial charge in [-0.25, -0.2) is 4.79 Å². The Morgan fingerprint density at radius 2 is 1.73 bits per heavy atom. The standard InChI is InChI=1S/C19H19N5O2/c25-19(20-15-5-2-1-3-6-15)24-12-10-23(11-13-24)18-9-8-16(21-22-18)17-7-4-14-26-17/h1-9,14H,10-13H2,(H,20,25). The molecule has 0 spiro atoms. The number of rotatable bonds is 3. The first-order valence-electron chi connectivity index (χ1n) is 8.53. The van der Waals surface area contributed by atoms with E-state index in [9.17, 15) is 4.79 Å². The Morgan fingerprint density at radius 3 is 2.38 bits per heavy atom. The molecule has 0 aliphatic carbocycles. The molecule has 1 aromatic carbocycles. The molecule has 1 aliphatic heterocycles. The second kappa shape index (κ2) is 7.26. The van der Waals surface area contributed by atoms with Crippen molar-refractivity contribution in [2.75, 3.05) is 36.4 Å². The van der Waals surface area contributed by atoms with Crippen molar-refractivity contribution in [1.82, 2.24) is 15.1 Å². The summed E-state index contributed by atoms with van der Waals surface area (Å²) in [6.07, 6.45) is 1.62. The molecule has 4 rings (SSSR count). The summed E-state index contributed by atoms with van der Waals surface area (Å²) in [5.74, 6) is 1.51. The minimum absolute atomic E-state index is 0.0740. The second-order valence-electron chi connectivity index (χ2n) is 6.02. The predicted molar refractivity (Wildman–Crippen MR) is 99.0 cm³/mol. The quantitative estimate of drug-likeness (QED) is 0.786. The highest BCUT2D eigenvalue weighted by atomic mass is 16.3. The number of para-hydroxylation sites is 1. The van der Waals surface area contributed by atoms with Gasteiger partial charge in [0.25, 0.3) is 0 Å². The molecule has 0 saturated carbocycles. The molecule has 7 nitrogen and oxygen atoms in total. The minimum atomic E-state index is -0.0740. The van der Waals surface area contributed by atoms with E-state index in [2.05, 4.69) is 20.4 Å². The van der Waals surface area contributed by atoms with Gasteiger partial charge in [-0.15, -0.1) is 10.2 Å². The largest absolute Gasteiger partial charge is 0.463 e. The first-order chi connectivity index (χ1) is 12.8. The average molecular weight is 349 g/mol. The molecule has 2 aromatic heterocycles. The van der Waals surface area contributed by atoms with E-state index in [1.54, 1.807) is 6.26 Å². The normalized spacial score (nSPS) is 14.3. The number of carbonyl (C=O) groups excluding carboxylic acids is 1.